The van der Waals surface area contributed by atoms with Crippen molar-refractivity contribution in [3.63, 3.8) is 0 Å². The molecule has 0 aliphatic heterocycles. The predicted octanol–water partition coefficient (Wildman–Crippen LogP) is 1.09. The van der Waals surface area contributed by atoms with Gasteiger partial charge in [0, 0.05) is 12.6 Å². The van der Waals surface area contributed by atoms with Gasteiger partial charge in [-0.15, -0.1) is 0 Å². The maximum absolute atomic E-state index is 10.7. The second kappa shape index (κ2) is 3.43. The maximum Gasteiger partial charge on any atom is 0.338 e. The first-order valence-corrected chi connectivity index (χ1v) is 4.95. The first kappa shape index (κ1) is 8.65. The third-order valence-corrected chi connectivity index (χ3v) is 2.80. The Hall–Kier alpha value is -0.940. The zero-order chi connectivity index (χ0) is 9.26. The fraction of sp³-hybridized carbons (Fsp3) is 0.500. The van der Waals surface area contributed by atoms with Gasteiger partial charge in [-0.2, -0.15) is 4.37 Å². The molecule has 0 amide bonds. The average Bonchev–Trinajstić information content (AvgIpc) is 2.79. The van der Waals surface area contributed by atoms with Gasteiger partial charge in [-0.3, -0.25) is 0 Å². The van der Waals surface area contributed by atoms with Gasteiger partial charge in [0.1, 0.15) is 0 Å². The van der Waals surface area contributed by atoms with E-state index in [1.54, 1.807) is 0 Å². The SMILES string of the molecule is O=C(O)c1cnsc1CNC1CC1. The number of hydrogen-bond donors (Lipinski definition) is 2. The number of aromatic carboxylic acids is 1. The number of nitrogens with zero attached hydrogens (tertiary/aromatic N) is 1. The van der Waals surface area contributed by atoms with Gasteiger partial charge in [-0.25, -0.2) is 4.79 Å². The molecule has 1 aliphatic carbocycles. The van der Waals surface area contributed by atoms with Crippen molar-refractivity contribution in [1.82, 2.24) is 9.69 Å². The monoisotopic (exact) mass is 198 g/mol. The van der Waals surface area contributed by atoms with Crippen LogP contribution < -0.4 is 5.32 Å². The lowest BCUT2D eigenvalue weighted by molar-refractivity contribution is 0.0696. The van der Waals surface area contributed by atoms with Crippen molar-refractivity contribution in [3.8, 4) is 0 Å². The fourth-order valence-corrected chi connectivity index (χ4v) is 1.76. The van der Waals surface area contributed by atoms with E-state index >= 15 is 0 Å². The smallest absolute Gasteiger partial charge is 0.338 e. The van der Waals surface area contributed by atoms with Gasteiger partial charge in [0.05, 0.1) is 16.6 Å². The van der Waals surface area contributed by atoms with Crippen LogP contribution in [0.15, 0.2) is 6.20 Å². The molecule has 5 heteroatoms. The molecule has 0 unspecified atom stereocenters. The summed E-state index contributed by atoms with van der Waals surface area (Å²) >= 11 is 1.25. The molecule has 1 aliphatic rings. The van der Waals surface area contributed by atoms with E-state index in [-0.39, 0.29) is 0 Å². The molecule has 0 bridgehead atoms. The van der Waals surface area contributed by atoms with Crippen molar-refractivity contribution in [3.05, 3.63) is 16.6 Å². The number of nitrogens with one attached hydrogen (secondary N) is 1. The van der Waals surface area contributed by atoms with E-state index in [0.29, 0.717) is 18.2 Å². The second-order valence-electron chi connectivity index (χ2n) is 3.12. The Morgan fingerprint density at radius 2 is 2.54 bits per heavy atom. The molecule has 1 saturated carbocycles. The van der Waals surface area contributed by atoms with Gasteiger partial charge in [-0.1, -0.05) is 0 Å². The van der Waals surface area contributed by atoms with Gasteiger partial charge >= 0.3 is 5.97 Å². The molecule has 2 rings (SSSR count). The maximum atomic E-state index is 10.7. The van der Waals surface area contributed by atoms with E-state index in [4.69, 9.17) is 5.11 Å². The molecule has 1 aromatic rings. The lowest BCUT2D eigenvalue weighted by Gasteiger charge is -1.99. The number of carboxylic acid groups (broad SMARTS) is 1. The molecule has 0 radical (unpaired) electrons. The highest BCUT2D eigenvalue weighted by molar-refractivity contribution is 7.06. The zero-order valence-electron chi connectivity index (χ0n) is 6.99. The van der Waals surface area contributed by atoms with Gasteiger partial charge in [-0.05, 0) is 24.4 Å². The molecule has 4 nitrogen and oxygen atoms in total. The average molecular weight is 198 g/mol. The summed E-state index contributed by atoms with van der Waals surface area (Å²) in [6, 6.07) is 0.601. The van der Waals surface area contributed by atoms with Crippen LogP contribution in [0.3, 0.4) is 0 Å². The number of aromatic nitrogens is 1. The van der Waals surface area contributed by atoms with Gasteiger partial charge in [0.15, 0.2) is 0 Å². The molecule has 1 heterocycles. The minimum Gasteiger partial charge on any atom is -0.478 e. The molecule has 70 valence electrons. The number of rotatable bonds is 4. The lowest BCUT2D eigenvalue weighted by Crippen LogP contribution is -2.16. The summed E-state index contributed by atoms with van der Waals surface area (Å²) in [5, 5.41) is 12.0. The Kier molecular flexibility index (Phi) is 2.28. The topological polar surface area (TPSA) is 62.2 Å². The van der Waals surface area contributed by atoms with E-state index < -0.39 is 5.97 Å². The van der Waals surface area contributed by atoms with E-state index in [2.05, 4.69) is 9.69 Å². The molecular weight excluding hydrogens is 188 g/mol. The van der Waals surface area contributed by atoms with Crippen molar-refractivity contribution in [1.29, 1.82) is 0 Å². The zero-order valence-corrected chi connectivity index (χ0v) is 7.80. The molecule has 1 fully saturated rings. The largest absolute Gasteiger partial charge is 0.478 e. The summed E-state index contributed by atoms with van der Waals surface area (Å²) < 4.78 is 3.86. The number of carbonyl (C=O) groups is 1. The molecular formula is C8H10N2O2S. The number of hydrogen-bond acceptors (Lipinski definition) is 4. The Morgan fingerprint density at radius 1 is 1.77 bits per heavy atom. The van der Waals surface area contributed by atoms with Crippen LogP contribution in [-0.4, -0.2) is 21.5 Å². The number of carboxylic acids is 1. The summed E-state index contributed by atoms with van der Waals surface area (Å²) in [5.41, 5.74) is 0.332. The molecule has 0 spiro atoms. The Bertz CT molecular complexity index is 320. The van der Waals surface area contributed by atoms with Crippen molar-refractivity contribution in [2.45, 2.75) is 25.4 Å². The molecule has 0 atom stereocenters. The first-order valence-electron chi connectivity index (χ1n) is 4.17. The van der Waals surface area contributed by atoms with Crippen LogP contribution in [0.25, 0.3) is 0 Å². The summed E-state index contributed by atoms with van der Waals surface area (Å²) in [5.74, 6) is -0.888. The summed E-state index contributed by atoms with van der Waals surface area (Å²) in [4.78, 5) is 11.5. The van der Waals surface area contributed by atoms with Crippen LogP contribution >= 0.6 is 11.5 Å². The Morgan fingerprint density at radius 3 is 3.15 bits per heavy atom. The summed E-state index contributed by atoms with van der Waals surface area (Å²) in [6.45, 7) is 0.636. The van der Waals surface area contributed by atoms with E-state index in [1.807, 2.05) is 0 Å². The van der Waals surface area contributed by atoms with Crippen molar-refractivity contribution < 1.29 is 9.90 Å². The second-order valence-corrected chi connectivity index (χ2v) is 4.01. The Balaban J connectivity index is 2.00. The van der Waals surface area contributed by atoms with Crippen molar-refractivity contribution in [2.75, 3.05) is 0 Å². The van der Waals surface area contributed by atoms with Crippen molar-refractivity contribution in [2.24, 2.45) is 0 Å². The van der Waals surface area contributed by atoms with Crippen LogP contribution in [0.2, 0.25) is 0 Å². The third kappa shape index (κ3) is 2.05. The molecule has 13 heavy (non-hydrogen) atoms. The highest BCUT2D eigenvalue weighted by Gasteiger charge is 2.21. The van der Waals surface area contributed by atoms with Crippen LogP contribution in [0, 0.1) is 0 Å². The van der Waals surface area contributed by atoms with E-state index in [9.17, 15) is 4.79 Å². The first-order chi connectivity index (χ1) is 6.27. The van der Waals surface area contributed by atoms with E-state index in [0.717, 1.165) is 4.88 Å². The minimum atomic E-state index is -0.888. The minimum absolute atomic E-state index is 0.332. The van der Waals surface area contributed by atoms with Crippen molar-refractivity contribution >= 4 is 17.5 Å². The predicted molar refractivity (Wildman–Crippen MR) is 48.9 cm³/mol. The van der Waals surface area contributed by atoms with Gasteiger partial charge in [0.25, 0.3) is 0 Å². The highest BCUT2D eigenvalue weighted by Crippen LogP contribution is 2.21. The normalized spacial score (nSPS) is 16.0. The molecule has 2 N–H and O–H groups in total. The van der Waals surface area contributed by atoms with Crippen LogP contribution in [-0.2, 0) is 6.54 Å². The van der Waals surface area contributed by atoms with Crippen LogP contribution in [0.4, 0.5) is 0 Å². The third-order valence-electron chi connectivity index (χ3n) is 2.00. The quantitative estimate of drug-likeness (QED) is 0.760. The van der Waals surface area contributed by atoms with Crippen LogP contribution in [0.1, 0.15) is 28.1 Å². The summed E-state index contributed by atoms with van der Waals surface area (Å²) in [7, 11) is 0. The van der Waals surface area contributed by atoms with Crippen LogP contribution in [0.5, 0.6) is 0 Å². The van der Waals surface area contributed by atoms with Gasteiger partial charge < -0.3 is 10.4 Å². The van der Waals surface area contributed by atoms with E-state index in [1.165, 1.54) is 30.6 Å². The molecule has 1 aromatic heterocycles. The lowest BCUT2D eigenvalue weighted by atomic mass is 10.3. The molecule has 0 saturated heterocycles. The molecule has 0 aromatic carbocycles. The summed E-state index contributed by atoms with van der Waals surface area (Å²) in [6.07, 6.45) is 3.83. The van der Waals surface area contributed by atoms with Gasteiger partial charge in [0.2, 0.25) is 0 Å². The Labute approximate surface area is 79.8 Å². The fourth-order valence-electron chi connectivity index (χ4n) is 1.09. The highest BCUT2D eigenvalue weighted by atomic mass is 32.1. The standard InChI is InChI=1S/C8H10N2O2S/c11-8(12)6-3-10-13-7(6)4-9-5-1-2-5/h3,5,9H,1-2,4H2,(H,11,12).